The summed E-state index contributed by atoms with van der Waals surface area (Å²) in [6.45, 7) is 2.62. The minimum absolute atomic E-state index is 0.0638. The highest BCUT2D eigenvalue weighted by Crippen LogP contribution is 2.27. The lowest BCUT2D eigenvalue weighted by molar-refractivity contribution is 0.0536. The number of piperazine rings is 1. The van der Waals surface area contributed by atoms with E-state index < -0.39 is 9.84 Å². The number of hydrogen-bond acceptors (Lipinski definition) is 5. The van der Waals surface area contributed by atoms with Gasteiger partial charge in [-0.1, -0.05) is 18.2 Å². The van der Waals surface area contributed by atoms with Gasteiger partial charge in [0.1, 0.15) is 5.75 Å². The summed E-state index contributed by atoms with van der Waals surface area (Å²) in [4.78, 5) is 17.9. The lowest BCUT2D eigenvalue weighted by Gasteiger charge is -2.44. The summed E-state index contributed by atoms with van der Waals surface area (Å²) in [5, 5.41) is 0. The molecule has 1 aromatic rings. The number of benzene rings is 1. The highest BCUT2D eigenvalue weighted by molar-refractivity contribution is 7.91. The Morgan fingerprint density at radius 3 is 2.54 bits per heavy atom. The fraction of sp³-hybridized carbons (Fsp3) is 0.611. The van der Waals surface area contributed by atoms with Gasteiger partial charge in [-0.2, -0.15) is 0 Å². The van der Waals surface area contributed by atoms with Crippen LogP contribution in [0.25, 0.3) is 0 Å². The molecule has 2 heterocycles. The Kier molecular flexibility index (Phi) is 5.72. The van der Waals surface area contributed by atoms with E-state index in [0.717, 1.165) is 18.7 Å². The molecular weight excluding hydrogens is 354 g/mol. The third-order valence-corrected chi connectivity index (χ3v) is 6.72. The predicted octanol–water partition coefficient (Wildman–Crippen LogP) is 0.920. The number of carbonyl (C=O) groups excluding carboxylic acids is 1. The molecule has 26 heavy (non-hydrogen) atoms. The van der Waals surface area contributed by atoms with Crippen molar-refractivity contribution < 1.29 is 17.9 Å². The van der Waals surface area contributed by atoms with Crippen molar-refractivity contribution in [3.63, 3.8) is 0 Å². The van der Waals surface area contributed by atoms with Crippen LogP contribution in [0.15, 0.2) is 30.3 Å². The van der Waals surface area contributed by atoms with Crippen LogP contribution in [0.4, 0.5) is 4.79 Å². The van der Waals surface area contributed by atoms with Crippen LogP contribution in [0.2, 0.25) is 0 Å². The molecule has 2 amide bonds. The smallest absolute Gasteiger partial charge is 0.319 e. The molecule has 0 aromatic heterocycles. The summed E-state index contributed by atoms with van der Waals surface area (Å²) in [6.07, 6.45) is 0.819. The molecule has 0 unspecified atom stereocenters. The fourth-order valence-electron chi connectivity index (χ4n) is 3.77. The van der Waals surface area contributed by atoms with E-state index in [0.29, 0.717) is 19.7 Å². The van der Waals surface area contributed by atoms with Crippen molar-refractivity contribution in [2.75, 3.05) is 51.8 Å². The zero-order valence-electron chi connectivity index (χ0n) is 15.4. The fourth-order valence-corrected chi connectivity index (χ4v) is 5.78. The Bertz CT molecular complexity index is 723. The molecule has 7 nitrogen and oxygen atoms in total. The van der Waals surface area contributed by atoms with Gasteiger partial charge in [-0.15, -0.1) is 0 Å². The average Bonchev–Trinajstić information content (AvgIpc) is 2.94. The van der Waals surface area contributed by atoms with Crippen LogP contribution < -0.4 is 4.74 Å². The predicted molar refractivity (Wildman–Crippen MR) is 100 cm³/mol. The van der Waals surface area contributed by atoms with Crippen LogP contribution in [0.1, 0.15) is 6.42 Å². The molecule has 2 aliphatic rings. The molecule has 0 N–H and O–H groups in total. The van der Waals surface area contributed by atoms with Crippen LogP contribution >= 0.6 is 0 Å². The highest BCUT2D eigenvalue weighted by Gasteiger charge is 2.48. The topological polar surface area (TPSA) is 70.2 Å². The number of sulfone groups is 1. The standard InChI is InChI=1S/C18H27N3O4S/c1-19(2)18(22)21-11-10-20(16-13-26(23,24)14-17(16)21)9-6-12-25-15-7-4-3-5-8-15/h3-5,7-8,16-17H,6,9-14H2,1-2H3/t16-,17+/m0/s1. The third-order valence-electron chi connectivity index (χ3n) is 5.02. The summed E-state index contributed by atoms with van der Waals surface area (Å²) < 4.78 is 30.1. The van der Waals surface area contributed by atoms with Crippen LogP contribution in [0, 0.1) is 0 Å². The monoisotopic (exact) mass is 381 g/mol. The minimum Gasteiger partial charge on any atom is -0.494 e. The Morgan fingerprint density at radius 2 is 1.85 bits per heavy atom. The van der Waals surface area contributed by atoms with Crippen molar-refractivity contribution in [1.82, 2.24) is 14.7 Å². The van der Waals surface area contributed by atoms with Crippen molar-refractivity contribution in [3.05, 3.63) is 30.3 Å². The van der Waals surface area contributed by atoms with E-state index in [2.05, 4.69) is 4.90 Å². The summed E-state index contributed by atoms with van der Waals surface area (Å²) in [5.74, 6) is 1.04. The van der Waals surface area contributed by atoms with Gasteiger partial charge in [0.05, 0.1) is 24.2 Å². The second-order valence-corrected chi connectivity index (χ2v) is 9.29. The molecule has 2 atom stereocenters. The highest BCUT2D eigenvalue weighted by atomic mass is 32.2. The first kappa shape index (κ1) is 19.0. The molecule has 8 heteroatoms. The van der Waals surface area contributed by atoms with Crippen molar-refractivity contribution in [3.8, 4) is 5.75 Å². The zero-order chi connectivity index (χ0) is 18.7. The second-order valence-electron chi connectivity index (χ2n) is 7.13. The molecule has 0 radical (unpaired) electrons. The van der Waals surface area contributed by atoms with Crippen molar-refractivity contribution in [1.29, 1.82) is 0 Å². The first-order valence-electron chi connectivity index (χ1n) is 8.97. The Morgan fingerprint density at radius 1 is 1.15 bits per heavy atom. The molecule has 2 aliphatic heterocycles. The molecule has 2 saturated heterocycles. The number of rotatable bonds is 5. The quantitative estimate of drug-likeness (QED) is 0.710. The lowest BCUT2D eigenvalue weighted by atomic mass is 10.0. The van der Waals surface area contributed by atoms with Gasteiger partial charge in [0.2, 0.25) is 0 Å². The zero-order valence-corrected chi connectivity index (χ0v) is 16.2. The van der Waals surface area contributed by atoms with Gasteiger partial charge in [0, 0.05) is 39.8 Å². The largest absolute Gasteiger partial charge is 0.494 e. The van der Waals surface area contributed by atoms with Crippen LogP contribution in [0.5, 0.6) is 5.75 Å². The Balaban J connectivity index is 1.58. The number of fused-ring (bicyclic) bond motifs is 1. The summed E-state index contributed by atoms with van der Waals surface area (Å²) >= 11 is 0. The SMILES string of the molecule is CN(C)C(=O)N1CCN(CCCOc2ccccc2)[C@H]2CS(=O)(=O)C[C@H]21. The maximum absolute atomic E-state index is 12.4. The second kappa shape index (κ2) is 7.84. The van der Waals surface area contributed by atoms with Gasteiger partial charge in [-0.3, -0.25) is 4.90 Å². The third kappa shape index (κ3) is 4.29. The summed E-state index contributed by atoms with van der Waals surface area (Å²) in [5.41, 5.74) is 0. The first-order valence-corrected chi connectivity index (χ1v) is 10.8. The van der Waals surface area contributed by atoms with E-state index in [-0.39, 0.29) is 29.6 Å². The molecule has 1 aromatic carbocycles. The van der Waals surface area contributed by atoms with E-state index in [1.165, 1.54) is 4.90 Å². The van der Waals surface area contributed by atoms with E-state index in [9.17, 15) is 13.2 Å². The van der Waals surface area contributed by atoms with Gasteiger partial charge in [0.25, 0.3) is 0 Å². The van der Waals surface area contributed by atoms with Crippen LogP contribution in [-0.4, -0.2) is 93.1 Å². The molecule has 0 aliphatic carbocycles. The number of carbonyl (C=O) groups is 1. The summed E-state index contributed by atoms with van der Waals surface area (Å²) in [6, 6.07) is 9.18. The van der Waals surface area contributed by atoms with Gasteiger partial charge in [-0.25, -0.2) is 13.2 Å². The number of hydrogen-bond donors (Lipinski definition) is 0. The molecule has 0 bridgehead atoms. The Hall–Kier alpha value is -1.80. The van der Waals surface area contributed by atoms with Gasteiger partial charge < -0.3 is 14.5 Å². The molecular formula is C18H27N3O4S. The van der Waals surface area contributed by atoms with E-state index >= 15 is 0 Å². The van der Waals surface area contributed by atoms with E-state index in [1.807, 2.05) is 30.3 Å². The molecule has 144 valence electrons. The van der Waals surface area contributed by atoms with Crippen LogP contribution in [-0.2, 0) is 9.84 Å². The number of urea groups is 1. The molecule has 0 spiro atoms. The number of nitrogens with zero attached hydrogens (tertiary/aromatic N) is 3. The molecule has 0 saturated carbocycles. The van der Waals surface area contributed by atoms with E-state index in [1.54, 1.807) is 19.0 Å². The molecule has 3 rings (SSSR count). The maximum atomic E-state index is 12.4. The first-order chi connectivity index (χ1) is 12.4. The van der Waals surface area contributed by atoms with Crippen molar-refractivity contribution in [2.45, 2.75) is 18.5 Å². The van der Waals surface area contributed by atoms with Crippen LogP contribution in [0.3, 0.4) is 0 Å². The summed E-state index contributed by atoms with van der Waals surface area (Å²) in [7, 11) is 0.292. The van der Waals surface area contributed by atoms with Crippen molar-refractivity contribution in [2.24, 2.45) is 0 Å². The number of amides is 2. The lowest BCUT2D eigenvalue weighted by Crippen LogP contribution is -2.62. The Labute approximate surface area is 155 Å². The van der Waals surface area contributed by atoms with Gasteiger partial charge in [0.15, 0.2) is 9.84 Å². The van der Waals surface area contributed by atoms with Gasteiger partial charge >= 0.3 is 6.03 Å². The normalized spacial score (nSPS) is 24.9. The number of ether oxygens (including phenoxy) is 1. The molecule has 2 fully saturated rings. The van der Waals surface area contributed by atoms with Gasteiger partial charge in [-0.05, 0) is 18.6 Å². The number of para-hydroxylation sites is 1. The van der Waals surface area contributed by atoms with E-state index in [4.69, 9.17) is 4.74 Å². The average molecular weight is 381 g/mol. The maximum Gasteiger partial charge on any atom is 0.319 e. The minimum atomic E-state index is -3.11. The van der Waals surface area contributed by atoms with Crippen molar-refractivity contribution >= 4 is 15.9 Å².